The monoisotopic (exact) mass is 245 g/mol. The number of aromatic nitrogens is 2. The number of amides is 1. The van der Waals surface area contributed by atoms with Gasteiger partial charge in [0.1, 0.15) is 0 Å². The molecule has 0 radical (unpaired) electrons. The van der Waals surface area contributed by atoms with Crippen molar-refractivity contribution in [3.8, 4) is 0 Å². The van der Waals surface area contributed by atoms with E-state index >= 15 is 0 Å². The molecule has 5 nitrogen and oxygen atoms in total. The summed E-state index contributed by atoms with van der Waals surface area (Å²) in [7, 11) is 0. The van der Waals surface area contributed by atoms with Crippen molar-refractivity contribution in [3.63, 3.8) is 0 Å². The second-order valence-electron chi connectivity index (χ2n) is 4.53. The number of anilines is 1. The van der Waals surface area contributed by atoms with Crippen LogP contribution in [-0.4, -0.2) is 15.9 Å². The molecule has 0 spiro atoms. The molecule has 2 rings (SSSR count). The predicted molar refractivity (Wildman–Crippen MR) is 70.8 cm³/mol. The molecule has 1 aromatic carbocycles. The first-order valence-electron chi connectivity index (χ1n) is 5.79. The summed E-state index contributed by atoms with van der Waals surface area (Å²) in [5, 5.41) is 3.00. The quantitative estimate of drug-likeness (QED) is 0.849. The van der Waals surface area contributed by atoms with Crippen LogP contribution in [0, 0.1) is 0 Å². The summed E-state index contributed by atoms with van der Waals surface area (Å²) in [6.07, 6.45) is 0. The van der Waals surface area contributed by atoms with Crippen LogP contribution in [0.3, 0.4) is 0 Å². The first-order valence-corrected chi connectivity index (χ1v) is 5.79. The maximum atomic E-state index is 11.8. The van der Waals surface area contributed by atoms with Crippen LogP contribution >= 0.6 is 0 Å². The minimum absolute atomic E-state index is 0.181. The van der Waals surface area contributed by atoms with Crippen molar-refractivity contribution in [1.82, 2.24) is 9.97 Å². The van der Waals surface area contributed by atoms with Crippen LogP contribution in [0.5, 0.6) is 0 Å². The Labute approximate surface area is 104 Å². The first kappa shape index (κ1) is 12.3. The highest BCUT2D eigenvalue weighted by Crippen LogP contribution is 2.18. The maximum absolute atomic E-state index is 11.8. The Morgan fingerprint density at radius 2 is 2.11 bits per heavy atom. The second-order valence-corrected chi connectivity index (χ2v) is 4.53. The number of carbonyl (C=O) groups is 1. The molecule has 0 bridgehead atoms. The smallest absolute Gasteiger partial charge is 0.260 e. The average Bonchev–Trinajstić information content (AvgIpc) is 2.27. The number of fused-ring (bicyclic) bond motifs is 1. The lowest BCUT2D eigenvalue weighted by Gasteiger charge is -2.07. The lowest BCUT2D eigenvalue weighted by atomic mass is 10.0. The number of nitrogens with zero attached hydrogens (tertiary/aromatic N) is 1. The van der Waals surface area contributed by atoms with Gasteiger partial charge in [0.15, 0.2) is 0 Å². The van der Waals surface area contributed by atoms with Gasteiger partial charge in [0, 0.05) is 6.92 Å². The minimum atomic E-state index is -0.266. The molecule has 5 heteroatoms. The lowest BCUT2D eigenvalue weighted by Crippen LogP contribution is -2.16. The van der Waals surface area contributed by atoms with Crippen molar-refractivity contribution in [1.29, 1.82) is 0 Å². The minimum Gasteiger partial charge on any atom is -0.296 e. The van der Waals surface area contributed by atoms with Crippen molar-refractivity contribution in [2.75, 3.05) is 5.32 Å². The van der Waals surface area contributed by atoms with E-state index in [0.29, 0.717) is 16.8 Å². The summed E-state index contributed by atoms with van der Waals surface area (Å²) < 4.78 is 0. The number of benzene rings is 1. The number of H-pyrrole nitrogens is 1. The fraction of sp³-hybridized carbons (Fsp3) is 0.308. The van der Waals surface area contributed by atoms with Gasteiger partial charge < -0.3 is 0 Å². The Hall–Kier alpha value is -2.17. The van der Waals surface area contributed by atoms with Gasteiger partial charge in [-0.05, 0) is 23.6 Å². The molecule has 0 unspecified atom stereocenters. The van der Waals surface area contributed by atoms with Crippen molar-refractivity contribution < 1.29 is 4.79 Å². The summed E-state index contributed by atoms with van der Waals surface area (Å²) in [6.45, 7) is 5.51. The molecule has 2 N–H and O–H groups in total. The molecule has 0 saturated carbocycles. The molecule has 0 aliphatic carbocycles. The first-order chi connectivity index (χ1) is 8.47. The Morgan fingerprint density at radius 1 is 1.39 bits per heavy atom. The Morgan fingerprint density at radius 3 is 2.72 bits per heavy atom. The van der Waals surface area contributed by atoms with Gasteiger partial charge in [-0.3, -0.25) is 19.9 Å². The summed E-state index contributed by atoms with van der Waals surface area (Å²) in [5.74, 6) is 0.276. The molecule has 0 fully saturated rings. The van der Waals surface area contributed by atoms with E-state index in [4.69, 9.17) is 0 Å². The fourth-order valence-corrected chi connectivity index (χ4v) is 1.74. The number of hydrogen-bond acceptors (Lipinski definition) is 3. The van der Waals surface area contributed by atoms with Gasteiger partial charge >= 0.3 is 0 Å². The zero-order valence-corrected chi connectivity index (χ0v) is 10.6. The van der Waals surface area contributed by atoms with Crippen molar-refractivity contribution >= 4 is 22.8 Å². The topological polar surface area (TPSA) is 74.8 Å². The van der Waals surface area contributed by atoms with E-state index in [0.717, 1.165) is 5.56 Å². The van der Waals surface area contributed by atoms with Crippen LogP contribution in [-0.2, 0) is 4.79 Å². The van der Waals surface area contributed by atoms with E-state index in [1.165, 1.54) is 6.92 Å². The highest BCUT2D eigenvalue weighted by Gasteiger charge is 2.07. The molecule has 1 heterocycles. The number of hydrogen-bond donors (Lipinski definition) is 2. The van der Waals surface area contributed by atoms with E-state index in [2.05, 4.69) is 29.1 Å². The molecule has 0 saturated heterocycles. The number of rotatable bonds is 2. The molecule has 94 valence electrons. The standard InChI is InChI=1S/C13H15N3O2/c1-7(2)9-4-5-10-11(6-9)15-13(14-8(3)17)16-12(10)18/h4-7H,1-3H3,(H2,14,15,16,17,18). The number of carbonyl (C=O) groups excluding carboxylic acids is 1. The van der Waals surface area contributed by atoms with E-state index in [-0.39, 0.29) is 17.4 Å². The van der Waals surface area contributed by atoms with Crippen LogP contribution in [0.25, 0.3) is 10.9 Å². The van der Waals surface area contributed by atoms with Crippen molar-refractivity contribution in [2.24, 2.45) is 0 Å². The molecule has 2 aromatic rings. The zero-order chi connectivity index (χ0) is 13.3. The highest BCUT2D eigenvalue weighted by molar-refractivity contribution is 5.88. The third kappa shape index (κ3) is 2.40. The van der Waals surface area contributed by atoms with E-state index in [1.807, 2.05) is 12.1 Å². The zero-order valence-electron chi connectivity index (χ0n) is 10.6. The van der Waals surface area contributed by atoms with E-state index in [1.54, 1.807) is 6.07 Å². The third-order valence-corrected chi connectivity index (χ3v) is 2.69. The average molecular weight is 245 g/mol. The molecule has 0 aliphatic heterocycles. The van der Waals surface area contributed by atoms with Crippen LogP contribution in [0.15, 0.2) is 23.0 Å². The molecule has 0 aliphatic rings. The van der Waals surface area contributed by atoms with Gasteiger partial charge in [-0.25, -0.2) is 4.98 Å². The highest BCUT2D eigenvalue weighted by atomic mass is 16.1. The largest absolute Gasteiger partial charge is 0.296 e. The van der Waals surface area contributed by atoms with Crippen LogP contribution in [0.4, 0.5) is 5.95 Å². The maximum Gasteiger partial charge on any atom is 0.260 e. The summed E-state index contributed by atoms with van der Waals surface area (Å²) in [4.78, 5) is 29.5. The van der Waals surface area contributed by atoms with Crippen LogP contribution < -0.4 is 10.9 Å². The van der Waals surface area contributed by atoms with Gasteiger partial charge in [-0.1, -0.05) is 19.9 Å². The van der Waals surface area contributed by atoms with Gasteiger partial charge in [0.25, 0.3) is 5.56 Å². The Balaban J connectivity index is 2.61. The summed E-state index contributed by atoms with van der Waals surface area (Å²) in [6, 6.07) is 5.55. The second kappa shape index (κ2) is 4.60. The van der Waals surface area contributed by atoms with Gasteiger partial charge in [0.2, 0.25) is 11.9 Å². The van der Waals surface area contributed by atoms with Crippen molar-refractivity contribution in [2.45, 2.75) is 26.7 Å². The normalized spacial score (nSPS) is 10.9. The van der Waals surface area contributed by atoms with Gasteiger partial charge in [-0.15, -0.1) is 0 Å². The Bertz CT molecular complexity index is 659. The number of aromatic amines is 1. The molecule has 1 aromatic heterocycles. The summed E-state index contributed by atoms with van der Waals surface area (Å²) in [5.41, 5.74) is 1.45. The van der Waals surface area contributed by atoms with E-state index in [9.17, 15) is 9.59 Å². The van der Waals surface area contributed by atoms with Crippen LogP contribution in [0.2, 0.25) is 0 Å². The van der Waals surface area contributed by atoms with Crippen LogP contribution in [0.1, 0.15) is 32.3 Å². The van der Waals surface area contributed by atoms with Gasteiger partial charge in [0.05, 0.1) is 10.9 Å². The Kier molecular flexibility index (Phi) is 3.14. The van der Waals surface area contributed by atoms with E-state index < -0.39 is 0 Å². The van der Waals surface area contributed by atoms with Gasteiger partial charge in [-0.2, -0.15) is 0 Å². The van der Waals surface area contributed by atoms with Crippen molar-refractivity contribution in [3.05, 3.63) is 34.1 Å². The number of nitrogens with one attached hydrogen (secondary N) is 2. The SMILES string of the molecule is CC(=O)Nc1nc2cc(C(C)C)ccc2c(=O)[nH]1. The predicted octanol–water partition coefficient (Wildman–Crippen LogP) is 2.00. The fourth-order valence-electron chi connectivity index (χ4n) is 1.74. The molecular formula is C13H15N3O2. The molecule has 1 amide bonds. The molecule has 0 atom stereocenters. The summed E-state index contributed by atoms with van der Waals surface area (Å²) >= 11 is 0. The molecule has 18 heavy (non-hydrogen) atoms. The third-order valence-electron chi connectivity index (χ3n) is 2.69. The lowest BCUT2D eigenvalue weighted by molar-refractivity contribution is -0.114. The molecular weight excluding hydrogens is 230 g/mol.